The van der Waals surface area contributed by atoms with Gasteiger partial charge in [0.25, 0.3) is 0 Å². The topological polar surface area (TPSA) is 37.8 Å². The predicted molar refractivity (Wildman–Crippen MR) is 72.1 cm³/mol. The molecule has 2 rings (SSSR count). The van der Waals surface area contributed by atoms with Gasteiger partial charge in [0.2, 0.25) is 0 Å². The van der Waals surface area contributed by atoms with Gasteiger partial charge in [0.15, 0.2) is 0 Å². The molecule has 1 aromatic heterocycles. The van der Waals surface area contributed by atoms with Crippen LogP contribution in [0.1, 0.15) is 24.3 Å². The zero-order valence-corrected chi connectivity index (χ0v) is 11.2. The second kappa shape index (κ2) is 5.38. The van der Waals surface area contributed by atoms with Gasteiger partial charge in [0.05, 0.1) is 4.88 Å². The van der Waals surface area contributed by atoms with E-state index in [1.807, 2.05) is 0 Å². The molecule has 17 heavy (non-hydrogen) atoms. The fourth-order valence-electron chi connectivity index (χ4n) is 1.55. The van der Waals surface area contributed by atoms with Crippen LogP contribution in [0, 0.1) is 6.92 Å². The smallest absolute Gasteiger partial charge is 0.110 e. The van der Waals surface area contributed by atoms with E-state index in [1.165, 1.54) is 22.0 Å². The Morgan fingerprint density at radius 1 is 1.24 bits per heavy atom. The highest BCUT2D eigenvalue weighted by Gasteiger charge is 2.10. The Morgan fingerprint density at radius 2 is 1.94 bits per heavy atom. The highest BCUT2D eigenvalue weighted by atomic mass is 32.1. The fraction of sp³-hybridized carbons (Fsp3) is 0.385. The highest BCUT2D eigenvalue weighted by molar-refractivity contribution is 7.05. The normalized spacial score (nSPS) is 11.1. The van der Waals surface area contributed by atoms with E-state index in [2.05, 4.69) is 59.9 Å². The Bertz CT molecular complexity index is 474. The van der Waals surface area contributed by atoms with Crippen LogP contribution in [0.2, 0.25) is 0 Å². The summed E-state index contributed by atoms with van der Waals surface area (Å²) in [5.41, 5.74) is 3.41. The monoisotopic (exact) mass is 247 g/mol. The molecule has 0 aliphatic heterocycles. The molecule has 90 valence electrons. The van der Waals surface area contributed by atoms with E-state index in [0.717, 1.165) is 17.8 Å². The molecule has 0 fully saturated rings. The van der Waals surface area contributed by atoms with Crippen LogP contribution in [0.15, 0.2) is 24.3 Å². The Labute approximate surface area is 106 Å². The molecule has 1 N–H and O–H groups in total. The Morgan fingerprint density at radius 3 is 2.59 bits per heavy atom. The summed E-state index contributed by atoms with van der Waals surface area (Å²) >= 11 is 1.47. The van der Waals surface area contributed by atoms with Crippen molar-refractivity contribution in [2.75, 3.05) is 0 Å². The molecule has 2 aromatic rings. The van der Waals surface area contributed by atoms with Crippen LogP contribution < -0.4 is 5.32 Å². The summed E-state index contributed by atoms with van der Waals surface area (Å²) in [4.78, 5) is 1.20. The maximum Gasteiger partial charge on any atom is 0.110 e. The van der Waals surface area contributed by atoms with Crippen LogP contribution >= 0.6 is 11.5 Å². The van der Waals surface area contributed by atoms with Gasteiger partial charge in [-0.15, -0.1) is 5.10 Å². The lowest BCUT2D eigenvalue weighted by atomic mass is 10.1. The van der Waals surface area contributed by atoms with E-state index in [9.17, 15) is 0 Å². The molecule has 0 saturated heterocycles. The highest BCUT2D eigenvalue weighted by Crippen LogP contribution is 2.24. The van der Waals surface area contributed by atoms with Gasteiger partial charge in [-0.05, 0) is 18.5 Å². The first-order valence-corrected chi connectivity index (χ1v) is 6.56. The molecule has 4 heteroatoms. The lowest BCUT2D eigenvalue weighted by Gasteiger charge is -2.07. The van der Waals surface area contributed by atoms with Crippen molar-refractivity contribution in [3.05, 3.63) is 34.7 Å². The third-order valence-corrected chi connectivity index (χ3v) is 3.27. The van der Waals surface area contributed by atoms with Crippen LogP contribution in [0.25, 0.3) is 11.3 Å². The van der Waals surface area contributed by atoms with Crippen molar-refractivity contribution in [1.82, 2.24) is 14.9 Å². The Kier molecular flexibility index (Phi) is 3.86. The number of nitrogens with zero attached hydrogens (tertiary/aromatic N) is 2. The number of benzene rings is 1. The lowest BCUT2D eigenvalue weighted by Crippen LogP contribution is -2.21. The zero-order valence-electron chi connectivity index (χ0n) is 10.4. The molecule has 0 aliphatic rings. The number of nitrogens with one attached hydrogen (secondary N) is 1. The summed E-state index contributed by atoms with van der Waals surface area (Å²) < 4.78 is 4.05. The molecular formula is C13H17N3S. The first-order chi connectivity index (χ1) is 8.16. The van der Waals surface area contributed by atoms with Gasteiger partial charge in [0, 0.05) is 18.2 Å². The van der Waals surface area contributed by atoms with Gasteiger partial charge in [0.1, 0.15) is 5.69 Å². The Balaban J connectivity index is 2.21. The first-order valence-electron chi connectivity index (χ1n) is 5.78. The van der Waals surface area contributed by atoms with Gasteiger partial charge < -0.3 is 5.32 Å². The van der Waals surface area contributed by atoms with Crippen molar-refractivity contribution < 1.29 is 0 Å². The average Bonchev–Trinajstić information content (AvgIpc) is 2.75. The quantitative estimate of drug-likeness (QED) is 0.902. The maximum absolute atomic E-state index is 4.22. The predicted octanol–water partition coefficient (Wildman–Crippen LogP) is 3.01. The van der Waals surface area contributed by atoms with Crippen molar-refractivity contribution in [2.45, 2.75) is 33.4 Å². The molecule has 0 spiro atoms. The van der Waals surface area contributed by atoms with Gasteiger partial charge in [-0.25, -0.2) is 0 Å². The lowest BCUT2D eigenvalue weighted by molar-refractivity contribution is 0.593. The molecule has 0 saturated carbocycles. The molecule has 0 bridgehead atoms. The van der Waals surface area contributed by atoms with Crippen LogP contribution in [-0.4, -0.2) is 15.6 Å². The number of rotatable bonds is 4. The first kappa shape index (κ1) is 12.2. The largest absolute Gasteiger partial charge is 0.310 e. The third kappa shape index (κ3) is 3.11. The van der Waals surface area contributed by atoms with E-state index in [0.29, 0.717) is 6.04 Å². The van der Waals surface area contributed by atoms with Crippen molar-refractivity contribution >= 4 is 11.5 Å². The molecule has 0 atom stereocenters. The van der Waals surface area contributed by atoms with Crippen LogP contribution in [0.3, 0.4) is 0 Å². The van der Waals surface area contributed by atoms with E-state index in [4.69, 9.17) is 0 Å². The molecule has 1 heterocycles. The summed E-state index contributed by atoms with van der Waals surface area (Å²) in [6.45, 7) is 7.20. The fourth-order valence-corrected chi connectivity index (χ4v) is 2.17. The minimum atomic E-state index is 0.475. The molecule has 0 amide bonds. The van der Waals surface area contributed by atoms with Gasteiger partial charge in [-0.3, -0.25) is 0 Å². The van der Waals surface area contributed by atoms with E-state index >= 15 is 0 Å². The maximum atomic E-state index is 4.22. The molecule has 1 aromatic carbocycles. The molecular weight excluding hydrogens is 230 g/mol. The second-order valence-corrected chi connectivity index (χ2v) is 5.29. The SMILES string of the molecule is Cc1ccc(-c2nnsc2CNC(C)C)cc1. The van der Waals surface area contributed by atoms with E-state index in [-0.39, 0.29) is 0 Å². The third-order valence-electron chi connectivity index (χ3n) is 2.55. The summed E-state index contributed by atoms with van der Waals surface area (Å²) in [6, 6.07) is 8.89. The van der Waals surface area contributed by atoms with Crippen molar-refractivity contribution in [3.63, 3.8) is 0 Å². The Hall–Kier alpha value is -1.26. The number of hydrogen-bond acceptors (Lipinski definition) is 4. The zero-order chi connectivity index (χ0) is 12.3. The van der Waals surface area contributed by atoms with Gasteiger partial charge >= 0.3 is 0 Å². The minimum absolute atomic E-state index is 0.475. The van der Waals surface area contributed by atoms with Crippen LogP contribution in [0.4, 0.5) is 0 Å². The van der Waals surface area contributed by atoms with Gasteiger partial charge in [-0.2, -0.15) is 0 Å². The van der Waals surface area contributed by atoms with Crippen molar-refractivity contribution in [2.24, 2.45) is 0 Å². The minimum Gasteiger partial charge on any atom is -0.310 e. The van der Waals surface area contributed by atoms with Crippen LogP contribution in [-0.2, 0) is 6.54 Å². The molecule has 0 radical (unpaired) electrons. The van der Waals surface area contributed by atoms with Crippen molar-refractivity contribution in [1.29, 1.82) is 0 Å². The summed E-state index contributed by atoms with van der Waals surface area (Å²) in [7, 11) is 0. The molecule has 3 nitrogen and oxygen atoms in total. The number of hydrogen-bond donors (Lipinski definition) is 1. The number of aromatic nitrogens is 2. The average molecular weight is 247 g/mol. The van der Waals surface area contributed by atoms with Crippen molar-refractivity contribution in [3.8, 4) is 11.3 Å². The molecule has 0 unspecified atom stereocenters. The second-order valence-electron chi connectivity index (χ2n) is 4.45. The van der Waals surface area contributed by atoms with E-state index in [1.54, 1.807) is 0 Å². The summed E-state index contributed by atoms with van der Waals surface area (Å²) in [6.07, 6.45) is 0. The summed E-state index contributed by atoms with van der Waals surface area (Å²) in [5.74, 6) is 0. The van der Waals surface area contributed by atoms with Crippen LogP contribution in [0.5, 0.6) is 0 Å². The standard InChI is InChI=1S/C13H17N3S/c1-9(2)14-8-12-13(15-16-17-12)11-6-4-10(3)5-7-11/h4-7,9,14H,8H2,1-3H3. The van der Waals surface area contributed by atoms with E-state index < -0.39 is 0 Å². The molecule has 0 aliphatic carbocycles. The van der Waals surface area contributed by atoms with Gasteiger partial charge in [-0.1, -0.05) is 48.2 Å². The number of aryl methyl sites for hydroxylation is 1. The summed E-state index contributed by atoms with van der Waals surface area (Å²) in [5, 5.41) is 7.62.